The molecule has 1 saturated heterocycles. The van der Waals surface area contributed by atoms with Crippen LogP contribution in [0.15, 0.2) is 41.7 Å². The number of likely N-dealkylation sites (tertiary alicyclic amines) is 1. The van der Waals surface area contributed by atoms with Crippen molar-refractivity contribution in [2.45, 2.75) is 71.2 Å². The van der Waals surface area contributed by atoms with Crippen LogP contribution in [0.4, 0.5) is 22.1 Å². The van der Waals surface area contributed by atoms with Gasteiger partial charge in [-0.25, -0.2) is 14.8 Å². The molecule has 1 aromatic carbocycles. The van der Waals surface area contributed by atoms with Crippen LogP contribution in [0.1, 0.15) is 60.4 Å². The first-order valence-corrected chi connectivity index (χ1v) is 14.8. The van der Waals surface area contributed by atoms with Gasteiger partial charge in [-0.3, -0.25) is 0 Å². The summed E-state index contributed by atoms with van der Waals surface area (Å²) in [6, 6.07) is 11.1. The number of fused-ring (bicyclic) bond motifs is 1. The van der Waals surface area contributed by atoms with Gasteiger partial charge in [0.25, 0.3) is 0 Å². The fourth-order valence-corrected chi connectivity index (χ4v) is 5.27. The van der Waals surface area contributed by atoms with Gasteiger partial charge in [-0.15, -0.1) is 0 Å². The molecule has 1 N–H and O–H groups in total. The molecule has 1 aliphatic rings. The van der Waals surface area contributed by atoms with Gasteiger partial charge < -0.3 is 24.4 Å². The summed E-state index contributed by atoms with van der Waals surface area (Å²) in [5.74, 6) is 2.21. The Labute approximate surface area is 231 Å². The van der Waals surface area contributed by atoms with Crippen molar-refractivity contribution >= 4 is 46.1 Å². The smallest absolute Gasteiger partial charge is 0.410 e. The number of benzene rings is 1. The standard InChI is InChI=1S/C29H42N6O2S/c1-8-33(19-21-11-14-34(15-12-21)28(36)37-29(4,5)6)26-18-25(31-27(32-26)38-7)30-23-9-10-24-22(17-23)13-16-35(24)20(2)3/h9-10,13,16-18,20-21H,8,11-12,14-15,19H2,1-7H3,(H,30,31,32). The quantitative estimate of drug-likeness (QED) is 0.246. The molecule has 2 aromatic heterocycles. The Morgan fingerprint density at radius 2 is 1.92 bits per heavy atom. The van der Waals surface area contributed by atoms with Crippen LogP contribution in [0.3, 0.4) is 0 Å². The van der Waals surface area contributed by atoms with Gasteiger partial charge in [0.05, 0.1) is 0 Å². The minimum absolute atomic E-state index is 0.210. The molecule has 0 saturated carbocycles. The molecule has 0 aliphatic carbocycles. The van der Waals surface area contributed by atoms with Crippen LogP contribution in [0, 0.1) is 5.92 Å². The molecule has 38 heavy (non-hydrogen) atoms. The molecule has 0 spiro atoms. The second-order valence-corrected chi connectivity index (χ2v) is 12.0. The minimum atomic E-state index is -0.467. The summed E-state index contributed by atoms with van der Waals surface area (Å²) in [6.45, 7) is 15.5. The lowest BCUT2D eigenvalue weighted by Crippen LogP contribution is -2.44. The number of nitrogens with zero attached hydrogens (tertiary/aromatic N) is 5. The summed E-state index contributed by atoms with van der Waals surface area (Å²) in [4.78, 5) is 26.2. The van der Waals surface area contributed by atoms with Crippen molar-refractivity contribution in [2.75, 3.05) is 42.7 Å². The van der Waals surface area contributed by atoms with Crippen molar-refractivity contribution < 1.29 is 9.53 Å². The zero-order valence-corrected chi connectivity index (χ0v) is 24.6. The van der Waals surface area contributed by atoms with Crippen LogP contribution in [0.2, 0.25) is 0 Å². The summed E-state index contributed by atoms with van der Waals surface area (Å²) in [6.07, 6.45) is 5.85. The van der Waals surface area contributed by atoms with E-state index in [0.29, 0.717) is 12.0 Å². The number of anilines is 3. The molecule has 9 heteroatoms. The molecule has 0 bridgehead atoms. The van der Waals surface area contributed by atoms with Crippen molar-refractivity contribution in [1.29, 1.82) is 0 Å². The molecule has 1 fully saturated rings. The molecule has 1 aliphatic heterocycles. The van der Waals surface area contributed by atoms with Crippen LogP contribution in [-0.4, -0.2) is 63.6 Å². The molecule has 3 aromatic rings. The number of carbonyl (C=O) groups is 1. The van der Waals surface area contributed by atoms with Gasteiger partial charge in [-0.05, 0) is 90.8 Å². The summed E-state index contributed by atoms with van der Waals surface area (Å²) in [5, 5.41) is 5.46. The van der Waals surface area contributed by atoms with Crippen LogP contribution in [0.5, 0.6) is 0 Å². The average Bonchev–Trinajstić information content (AvgIpc) is 3.30. The van der Waals surface area contributed by atoms with Gasteiger partial charge >= 0.3 is 6.09 Å². The number of carbonyl (C=O) groups excluding carboxylic acids is 1. The first-order valence-electron chi connectivity index (χ1n) is 13.6. The van der Waals surface area contributed by atoms with Crippen molar-refractivity contribution in [2.24, 2.45) is 5.92 Å². The van der Waals surface area contributed by atoms with E-state index in [-0.39, 0.29) is 6.09 Å². The Morgan fingerprint density at radius 1 is 1.18 bits per heavy atom. The monoisotopic (exact) mass is 538 g/mol. The molecule has 0 unspecified atom stereocenters. The Kier molecular flexibility index (Phi) is 8.75. The zero-order valence-electron chi connectivity index (χ0n) is 23.8. The highest BCUT2D eigenvalue weighted by atomic mass is 32.2. The summed E-state index contributed by atoms with van der Waals surface area (Å²) < 4.78 is 7.84. The maximum Gasteiger partial charge on any atom is 0.410 e. The second kappa shape index (κ2) is 11.8. The van der Waals surface area contributed by atoms with Crippen molar-refractivity contribution in [3.8, 4) is 0 Å². The molecule has 206 valence electrons. The minimum Gasteiger partial charge on any atom is -0.444 e. The number of aromatic nitrogens is 3. The van der Waals surface area contributed by atoms with E-state index in [9.17, 15) is 4.79 Å². The van der Waals surface area contributed by atoms with Gasteiger partial charge in [0, 0.05) is 61.1 Å². The molecule has 1 amide bonds. The molecule has 8 nitrogen and oxygen atoms in total. The summed E-state index contributed by atoms with van der Waals surface area (Å²) in [5.41, 5.74) is 1.77. The van der Waals surface area contributed by atoms with E-state index in [2.05, 4.69) is 66.0 Å². The maximum absolute atomic E-state index is 12.4. The summed E-state index contributed by atoms with van der Waals surface area (Å²) >= 11 is 1.55. The lowest BCUT2D eigenvalue weighted by atomic mass is 9.96. The molecule has 4 rings (SSSR count). The van der Waals surface area contributed by atoms with Gasteiger partial charge in [0.1, 0.15) is 17.2 Å². The van der Waals surface area contributed by atoms with Crippen LogP contribution in [-0.2, 0) is 4.74 Å². The predicted octanol–water partition coefficient (Wildman–Crippen LogP) is 6.95. The second-order valence-electron chi connectivity index (χ2n) is 11.3. The number of ether oxygens (including phenoxy) is 1. The Hall–Kier alpha value is -2.94. The molecule has 0 atom stereocenters. The van der Waals surface area contributed by atoms with Crippen molar-refractivity contribution in [3.05, 3.63) is 36.5 Å². The number of nitrogens with one attached hydrogen (secondary N) is 1. The van der Waals surface area contributed by atoms with Gasteiger partial charge in [0.15, 0.2) is 5.16 Å². The Morgan fingerprint density at radius 3 is 2.55 bits per heavy atom. The normalized spacial score (nSPS) is 14.8. The van der Waals surface area contributed by atoms with E-state index in [4.69, 9.17) is 14.7 Å². The predicted molar refractivity (Wildman–Crippen MR) is 158 cm³/mol. The third-order valence-electron chi connectivity index (χ3n) is 6.87. The van der Waals surface area contributed by atoms with Crippen LogP contribution < -0.4 is 10.2 Å². The van der Waals surface area contributed by atoms with Gasteiger partial charge in [-0.1, -0.05) is 11.8 Å². The van der Waals surface area contributed by atoms with E-state index in [1.807, 2.05) is 38.0 Å². The fraction of sp³-hybridized carbons (Fsp3) is 0.552. The number of rotatable bonds is 8. The van der Waals surface area contributed by atoms with Crippen molar-refractivity contribution in [1.82, 2.24) is 19.4 Å². The molecule has 3 heterocycles. The van der Waals surface area contributed by atoms with E-state index in [1.54, 1.807) is 11.8 Å². The molecule has 0 radical (unpaired) electrons. The number of piperidine rings is 1. The first kappa shape index (κ1) is 28.1. The maximum atomic E-state index is 12.4. The van der Waals surface area contributed by atoms with E-state index in [1.165, 1.54) is 10.9 Å². The van der Waals surface area contributed by atoms with E-state index >= 15 is 0 Å². The average molecular weight is 539 g/mol. The van der Waals surface area contributed by atoms with Gasteiger partial charge in [-0.2, -0.15) is 0 Å². The molecular formula is C29H42N6O2S. The highest BCUT2D eigenvalue weighted by Crippen LogP contribution is 2.28. The van der Waals surface area contributed by atoms with Crippen molar-refractivity contribution in [3.63, 3.8) is 0 Å². The van der Waals surface area contributed by atoms with Crippen LogP contribution >= 0.6 is 11.8 Å². The number of amides is 1. The molecular weight excluding hydrogens is 496 g/mol. The number of thioether (sulfide) groups is 1. The van der Waals surface area contributed by atoms with Gasteiger partial charge in [0.2, 0.25) is 0 Å². The lowest BCUT2D eigenvalue weighted by Gasteiger charge is -2.35. The fourth-order valence-electron chi connectivity index (χ4n) is 4.89. The number of hydrogen-bond acceptors (Lipinski definition) is 7. The zero-order chi connectivity index (χ0) is 27.4. The Bertz CT molecular complexity index is 1240. The van der Waals surface area contributed by atoms with E-state index < -0.39 is 5.60 Å². The highest BCUT2D eigenvalue weighted by molar-refractivity contribution is 7.98. The SMILES string of the molecule is CCN(CC1CCN(C(=O)OC(C)(C)C)CC1)c1cc(Nc2ccc3c(ccn3C(C)C)c2)nc(SC)n1. The Balaban J connectivity index is 1.44. The third-order valence-corrected chi connectivity index (χ3v) is 7.42. The number of hydrogen-bond donors (Lipinski definition) is 1. The van der Waals surface area contributed by atoms with Crippen LogP contribution in [0.25, 0.3) is 10.9 Å². The third kappa shape index (κ3) is 6.92. The summed E-state index contributed by atoms with van der Waals surface area (Å²) in [7, 11) is 0. The van der Waals surface area contributed by atoms with E-state index in [0.717, 1.165) is 61.5 Å². The largest absolute Gasteiger partial charge is 0.444 e. The highest BCUT2D eigenvalue weighted by Gasteiger charge is 2.28. The lowest BCUT2D eigenvalue weighted by molar-refractivity contribution is 0.0186. The topological polar surface area (TPSA) is 75.5 Å². The first-order chi connectivity index (χ1) is 18.1.